The molecule has 0 aliphatic carbocycles. The van der Waals surface area contributed by atoms with E-state index in [1.807, 2.05) is 46.8 Å². The molecular formula is C21H25FO4S. The average Bonchev–Trinajstić information content (AvgIpc) is 2.91. The molecular weight excluding hydrogens is 367 g/mol. The molecule has 0 saturated heterocycles. The maximum Gasteiger partial charge on any atom is 0.381 e. The van der Waals surface area contributed by atoms with Crippen LogP contribution in [-0.4, -0.2) is 18.2 Å². The largest absolute Gasteiger partial charge is 0.493 e. The first-order valence-corrected chi connectivity index (χ1v) is 9.89. The third-order valence-corrected chi connectivity index (χ3v) is 5.56. The van der Waals surface area contributed by atoms with Crippen molar-refractivity contribution in [3.05, 3.63) is 39.1 Å². The van der Waals surface area contributed by atoms with Crippen LogP contribution in [0.2, 0.25) is 0 Å². The lowest BCUT2D eigenvalue weighted by molar-refractivity contribution is -0.205. The summed E-state index contributed by atoms with van der Waals surface area (Å²) in [6.07, 6.45) is 0.812. The average molecular weight is 392 g/mol. The van der Waals surface area contributed by atoms with Crippen molar-refractivity contribution in [1.29, 1.82) is 0 Å². The third kappa shape index (κ3) is 4.17. The third-order valence-electron chi connectivity index (χ3n) is 4.53. The quantitative estimate of drug-likeness (QED) is 0.675. The Balaban J connectivity index is 2.13. The van der Waals surface area contributed by atoms with Crippen LogP contribution in [0.15, 0.2) is 18.2 Å². The van der Waals surface area contributed by atoms with Crippen molar-refractivity contribution in [3.63, 3.8) is 0 Å². The van der Waals surface area contributed by atoms with Crippen LogP contribution in [0.25, 0.3) is 11.1 Å². The lowest BCUT2D eigenvalue weighted by Gasteiger charge is -2.26. The zero-order valence-corrected chi connectivity index (χ0v) is 17.2. The standard InChI is InChI=1S/C21H25FO4S/c1-12-17(15-8-9-16-14(11-15)7-6-10-24-16)18(13(2)27-12)19(20(23)26-22)25-21(3,4)5/h8-9,11,19H,6-7,10H2,1-5H3. The number of fused-ring (bicyclic) bond motifs is 1. The molecule has 2 aromatic rings. The van der Waals surface area contributed by atoms with Crippen LogP contribution < -0.4 is 4.74 Å². The summed E-state index contributed by atoms with van der Waals surface area (Å²) in [6, 6.07) is 6.05. The van der Waals surface area contributed by atoms with E-state index < -0.39 is 17.7 Å². The highest BCUT2D eigenvalue weighted by molar-refractivity contribution is 7.12. The van der Waals surface area contributed by atoms with Crippen LogP contribution in [0.3, 0.4) is 0 Å². The molecule has 0 N–H and O–H groups in total. The molecule has 4 nitrogen and oxygen atoms in total. The van der Waals surface area contributed by atoms with Crippen molar-refractivity contribution >= 4 is 17.3 Å². The van der Waals surface area contributed by atoms with Crippen LogP contribution in [-0.2, 0) is 20.9 Å². The Morgan fingerprint density at radius 1 is 1.26 bits per heavy atom. The molecule has 146 valence electrons. The molecule has 0 radical (unpaired) electrons. The van der Waals surface area contributed by atoms with Crippen LogP contribution >= 0.6 is 11.3 Å². The number of carbonyl (C=O) groups excluding carboxylic acids is 1. The number of thiophene rings is 1. The van der Waals surface area contributed by atoms with Crippen molar-refractivity contribution in [1.82, 2.24) is 0 Å². The van der Waals surface area contributed by atoms with Gasteiger partial charge in [0.2, 0.25) is 0 Å². The van der Waals surface area contributed by atoms with Gasteiger partial charge < -0.3 is 9.47 Å². The number of ether oxygens (including phenoxy) is 2. The zero-order valence-electron chi connectivity index (χ0n) is 16.3. The van der Waals surface area contributed by atoms with Crippen molar-refractivity contribution in [2.75, 3.05) is 6.61 Å². The summed E-state index contributed by atoms with van der Waals surface area (Å²) in [4.78, 5) is 17.8. The highest BCUT2D eigenvalue weighted by Gasteiger charge is 2.34. The SMILES string of the molecule is Cc1sc(C)c(C(OC(C)(C)C)C(=O)OF)c1-c1ccc2c(c1)CCCO2. The molecule has 1 aromatic carbocycles. The summed E-state index contributed by atoms with van der Waals surface area (Å²) < 4.78 is 24.5. The molecule has 6 heteroatoms. The van der Waals surface area contributed by atoms with Crippen LogP contribution in [0.1, 0.15) is 54.2 Å². The van der Waals surface area contributed by atoms with Crippen LogP contribution in [0.5, 0.6) is 5.75 Å². The molecule has 1 unspecified atom stereocenters. The predicted molar refractivity (Wildman–Crippen MR) is 104 cm³/mol. The minimum absolute atomic E-state index is 0.637. The number of hydrogen-bond acceptors (Lipinski definition) is 5. The lowest BCUT2D eigenvalue weighted by atomic mass is 9.93. The van der Waals surface area contributed by atoms with Gasteiger partial charge in [0.1, 0.15) is 5.75 Å². The first kappa shape index (κ1) is 19.8. The van der Waals surface area contributed by atoms with E-state index in [-0.39, 0.29) is 0 Å². The second kappa shape index (κ2) is 7.60. The predicted octanol–water partition coefficient (Wildman–Crippen LogP) is 5.64. The molecule has 2 heterocycles. The molecule has 0 spiro atoms. The molecule has 27 heavy (non-hydrogen) atoms. The molecule has 3 rings (SSSR count). The van der Waals surface area contributed by atoms with Gasteiger partial charge in [-0.1, -0.05) is 6.07 Å². The number of aryl methyl sites for hydroxylation is 3. The van der Waals surface area contributed by atoms with E-state index in [4.69, 9.17) is 9.47 Å². The van der Waals surface area contributed by atoms with E-state index in [1.165, 1.54) is 0 Å². The Morgan fingerprint density at radius 3 is 2.67 bits per heavy atom. The van der Waals surface area contributed by atoms with Crippen molar-refractivity contribution in [2.45, 2.75) is 59.2 Å². The Bertz CT molecular complexity index is 851. The van der Waals surface area contributed by atoms with Gasteiger partial charge >= 0.3 is 5.97 Å². The van der Waals surface area contributed by atoms with Gasteiger partial charge in [-0.25, -0.2) is 4.79 Å². The number of carbonyl (C=O) groups is 1. The van der Waals surface area contributed by atoms with Gasteiger partial charge in [0, 0.05) is 25.4 Å². The maximum absolute atomic E-state index is 12.9. The number of benzene rings is 1. The first-order valence-electron chi connectivity index (χ1n) is 9.07. The fraction of sp³-hybridized carbons (Fsp3) is 0.476. The number of hydrogen-bond donors (Lipinski definition) is 0. The van der Waals surface area contributed by atoms with Gasteiger partial charge in [0.25, 0.3) is 0 Å². The molecule has 1 aliphatic heterocycles. The van der Waals surface area contributed by atoms with Gasteiger partial charge in [-0.2, -0.15) is 0 Å². The monoisotopic (exact) mass is 392 g/mol. The van der Waals surface area contributed by atoms with Gasteiger partial charge in [0.05, 0.1) is 12.2 Å². The molecule has 0 fully saturated rings. The molecule has 1 atom stereocenters. The van der Waals surface area contributed by atoms with Crippen molar-refractivity contribution < 1.29 is 23.7 Å². The minimum atomic E-state index is -1.12. The van der Waals surface area contributed by atoms with Gasteiger partial charge in [-0.05, 0) is 70.7 Å². The lowest BCUT2D eigenvalue weighted by Crippen LogP contribution is -2.28. The van der Waals surface area contributed by atoms with E-state index in [1.54, 1.807) is 11.3 Å². The summed E-state index contributed by atoms with van der Waals surface area (Å²) in [5.74, 6) is -0.129. The second-order valence-electron chi connectivity index (χ2n) is 7.78. The van der Waals surface area contributed by atoms with E-state index in [0.29, 0.717) is 5.56 Å². The molecule has 1 aliphatic rings. The van der Waals surface area contributed by atoms with E-state index in [9.17, 15) is 9.32 Å². The Hall–Kier alpha value is -1.92. The summed E-state index contributed by atoms with van der Waals surface area (Å²) >= 11 is 1.57. The van der Waals surface area contributed by atoms with Crippen LogP contribution in [0, 0.1) is 13.8 Å². The Morgan fingerprint density at radius 2 is 2.00 bits per heavy atom. The number of halogens is 1. The smallest absolute Gasteiger partial charge is 0.381 e. The van der Waals surface area contributed by atoms with Crippen LogP contribution in [0.4, 0.5) is 4.53 Å². The summed E-state index contributed by atoms with van der Waals surface area (Å²) in [7, 11) is 0. The second-order valence-corrected chi connectivity index (χ2v) is 9.21. The molecule has 1 aromatic heterocycles. The number of rotatable bonds is 4. The molecule has 0 saturated carbocycles. The highest BCUT2D eigenvalue weighted by Crippen LogP contribution is 2.43. The summed E-state index contributed by atoms with van der Waals surface area (Å²) in [5.41, 5.74) is 3.07. The Kier molecular flexibility index (Phi) is 5.58. The van der Waals surface area contributed by atoms with Crippen molar-refractivity contribution in [2.24, 2.45) is 0 Å². The van der Waals surface area contributed by atoms with Gasteiger partial charge in [-0.15, -0.1) is 11.3 Å². The molecule has 0 bridgehead atoms. The normalized spacial score (nSPS) is 15.0. The highest BCUT2D eigenvalue weighted by atomic mass is 32.1. The fourth-order valence-corrected chi connectivity index (χ4v) is 4.62. The fourth-order valence-electron chi connectivity index (χ4n) is 3.51. The van der Waals surface area contributed by atoms with Gasteiger partial charge in [-0.3, -0.25) is 4.94 Å². The summed E-state index contributed by atoms with van der Waals surface area (Å²) in [5, 5.41) is 0. The summed E-state index contributed by atoms with van der Waals surface area (Å²) in [6.45, 7) is 10.1. The minimum Gasteiger partial charge on any atom is -0.493 e. The first-order chi connectivity index (χ1) is 12.7. The maximum atomic E-state index is 12.9. The van der Waals surface area contributed by atoms with Crippen molar-refractivity contribution in [3.8, 4) is 16.9 Å². The zero-order chi connectivity index (χ0) is 19.8. The van der Waals surface area contributed by atoms with Gasteiger partial charge in [0.15, 0.2) is 6.10 Å². The molecule has 0 amide bonds. The Labute approximate surface area is 163 Å². The van der Waals surface area contributed by atoms with E-state index >= 15 is 0 Å². The van der Waals surface area contributed by atoms with E-state index in [2.05, 4.69) is 11.0 Å². The topological polar surface area (TPSA) is 44.8 Å². The van der Waals surface area contributed by atoms with E-state index in [0.717, 1.165) is 51.6 Å².